The molecule has 3 rings (SSSR count). The third-order valence-corrected chi connectivity index (χ3v) is 3.76. The Morgan fingerprint density at radius 1 is 1.50 bits per heavy atom. The van der Waals surface area contributed by atoms with Crippen LogP contribution in [-0.4, -0.2) is 41.9 Å². The number of aromatic amines is 1. The van der Waals surface area contributed by atoms with Gasteiger partial charge in [0.2, 0.25) is 11.3 Å². The molecule has 0 spiro atoms. The number of ether oxygens (including phenoxy) is 2. The summed E-state index contributed by atoms with van der Waals surface area (Å²) in [4.78, 5) is 31.6. The van der Waals surface area contributed by atoms with Crippen LogP contribution in [0.3, 0.4) is 0 Å². The molecule has 3 N–H and O–H groups in total. The van der Waals surface area contributed by atoms with Crippen molar-refractivity contribution in [2.24, 2.45) is 0 Å². The third kappa shape index (κ3) is 3.65. The third-order valence-electron chi connectivity index (χ3n) is 3.76. The molecule has 0 radical (unpaired) electrons. The average molecular weight is 332 g/mol. The Morgan fingerprint density at radius 2 is 2.38 bits per heavy atom. The average Bonchev–Trinajstić information content (AvgIpc) is 3.10. The molecule has 8 nitrogen and oxygen atoms in total. The predicted octanol–water partition coefficient (Wildman–Crippen LogP) is 1.62. The number of pyridine rings is 2. The highest BCUT2D eigenvalue weighted by Crippen LogP contribution is 2.14. The molecule has 0 aromatic carbocycles. The number of nitrogens with zero attached hydrogens (tertiary/aromatic N) is 1. The summed E-state index contributed by atoms with van der Waals surface area (Å²) in [6, 6.07) is 2.95. The van der Waals surface area contributed by atoms with Crippen LogP contribution in [0.4, 0.5) is 10.5 Å². The molecule has 0 unspecified atom stereocenters. The first kappa shape index (κ1) is 16.3. The number of carbonyl (C=O) groups excluding carboxylic acids is 1. The Hall–Kier alpha value is -2.61. The van der Waals surface area contributed by atoms with Gasteiger partial charge in [-0.25, -0.2) is 9.78 Å². The van der Waals surface area contributed by atoms with Crippen molar-refractivity contribution < 1.29 is 14.3 Å². The number of urea groups is 1. The fourth-order valence-corrected chi connectivity index (χ4v) is 2.57. The first-order chi connectivity index (χ1) is 11.7. The number of aromatic nitrogens is 2. The number of anilines is 1. The first-order valence-corrected chi connectivity index (χ1v) is 7.99. The summed E-state index contributed by atoms with van der Waals surface area (Å²) in [6.07, 6.45) is 3.44. The molecular weight excluding hydrogens is 312 g/mol. The van der Waals surface area contributed by atoms with E-state index in [1.54, 1.807) is 12.1 Å². The number of nitrogens with one attached hydrogen (secondary N) is 3. The molecule has 1 aliphatic heterocycles. The Balaban J connectivity index is 1.72. The van der Waals surface area contributed by atoms with Gasteiger partial charge in [0.05, 0.1) is 18.2 Å². The molecule has 0 saturated carbocycles. The van der Waals surface area contributed by atoms with Crippen molar-refractivity contribution in [1.82, 2.24) is 15.3 Å². The fraction of sp³-hybridized carbons (Fsp3) is 0.438. The highest BCUT2D eigenvalue weighted by Gasteiger charge is 2.17. The topological polar surface area (TPSA) is 105 Å². The lowest BCUT2D eigenvalue weighted by molar-refractivity contribution is 0.112. The lowest BCUT2D eigenvalue weighted by Crippen LogP contribution is -2.36. The zero-order valence-corrected chi connectivity index (χ0v) is 13.4. The van der Waals surface area contributed by atoms with Crippen LogP contribution in [-0.2, 0) is 4.74 Å². The number of H-pyrrole nitrogens is 1. The number of hydrogen-bond donors (Lipinski definition) is 3. The van der Waals surface area contributed by atoms with Crippen LogP contribution in [0.25, 0.3) is 11.0 Å². The summed E-state index contributed by atoms with van der Waals surface area (Å²) in [5.41, 5.74) is 0.567. The van der Waals surface area contributed by atoms with Crippen molar-refractivity contribution in [3.63, 3.8) is 0 Å². The minimum atomic E-state index is -0.448. The lowest BCUT2D eigenvalue weighted by Gasteiger charge is -2.11. The van der Waals surface area contributed by atoms with Gasteiger partial charge >= 0.3 is 6.03 Å². The van der Waals surface area contributed by atoms with E-state index < -0.39 is 6.03 Å². The zero-order chi connectivity index (χ0) is 16.9. The molecule has 0 aliphatic carbocycles. The van der Waals surface area contributed by atoms with Gasteiger partial charge in [0.25, 0.3) is 0 Å². The van der Waals surface area contributed by atoms with Crippen molar-refractivity contribution in [2.45, 2.75) is 25.9 Å². The van der Waals surface area contributed by atoms with Gasteiger partial charge in [-0.05, 0) is 25.8 Å². The molecule has 1 saturated heterocycles. The molecule has 8 heteroatoms. The van der Waals surface area contributed by atoms with Gasteiger partial charge in [-0.2, -0.15) is 0 Å². The van der Waals surface area contributed by atoms with Crippen LogP contribution in [0, 0.1) is 0 Å². The van der Waals surface area contributed by atoms with E-state index >= 15 is 0 Å². The van der Waals surface area contributed by atoms with Gasteiger partial charge in [-0.15, -0.1) is 0 Å². The maximum absolute atomic E-state index is 12.5. The Kier molecular flexibility index (Phi) is 4.95. The second kappa shape index (κ2) is 7.31. The number of carbonyl (C=O) groups is 1. The molecule has 1 fully saturated rings. The van der Waals surface area contributed by atoms with Crippen LogP contribution in [0.1, 0.15) is 19.8 Å². The van der Waals surface area contributed by atoms with Gasteiger partial charge in [0, 0.05) is 25.4 Å². The Morgan fingerprint density at radius 3 is 3.12 bits per heavy atom. The Bertz CT molecular complexity index is 783. The molecule has 1 atom stereocenters. The molecular formula is C16H20N4O4. The van der Waals surface area contributed by atoms with E-state index in [1.165, 1.54) is 6.20 Å². The highest BCUT2D eigenvalue weighted by molar-refractivity contribution is 5.91. The summed E-state index contributed by atoms with van der Waals surface area (Å²) in [7, 11) is 0. The monoisotopic (exact) mass is 332 g/mol. The van der Waals surface area contributed by atoms with Crippen LogP contribution >= 0.6 is 0 Å². The van der Waals surface area contributed by atoms with Crippen molar-refractivity contribution in [3.05, 3.63) is 28.6 Å². The van der Waals surface area contributed by atoms with E-state index in [1.807, 2.05) is 6.92 Å². The Labute approximate surface area is 138 Å². The number of amides is 2. The van der Waals surface area contributed by atoms with Crippen LogP contribution in [0.5, 0.6) is 5.88 Å². The van der Waals surface area contributed by atoms with Gasteiger partial charge in [-0.1, -0.05) is 0 Å². The molecule has 0 bridgehead atoms. The van der Waals surface area contributed by atoms with Crippen LogP contribution < -0.4 is 20.8 Å². The summed E-state index contributed by atoms with van der Waals surface area (Å²) in [6.45, 7) is 3.45. The van der Waals surface area contributed by atoms with E-state index in [-0.39, 0.29) is 22.7 Å². The lowest BCUT2D eigenvalue weighted by atomic mass is 10.2. The van der Waals surface area contributed by atoms with Crippen molar-refractivity contribution >= 4 is 22.8 Å². The van der Waals surface area contributed by atoms with Gasteiger partial charge in [-0.3, -0.25) is 4.79 Å². The maximum atomic E-state index is 12.5. The fourth-order valence-electron chi connectivity index (χ4n) is 2.57. The zero-order valence-electron chi connectivity index (χ0n) is 13.4. The van der Waals surface area contributed by atoms with Crippen molar-refractivity contribution in [1.29, 1.82) is 0 Å². The number of hydrogen-bond acceptors (Lipinski definition) is 5. The van der Waals surface area contributed by atoms with Gasteiger partial charge in [0.1, 0.15) is 11.2 Å². The first-order valence-electron chi connectivity index (χ1n) is 7.99. The molecule has 1 aliphatic rings. The van der Waals surface area contributed by atoms with Crippen LogP contribution in [0.15, 0.2) is 23.1 Å². The smallest absolute Gasteiger partial charge is 0.319 e. The molecule has 2 aromatic rings. The summed E-state index contributed by atoms with van der Waals surface area (Å²) in [5.74, 6) is 0.371. The molecule has 2 amide bonds. The van der Waals surface area contributed by atoms with E-state index in [4.69, 9.17) is 9.47 Å². The van der Waals surface area contributed by atoms with Crippen molar-refractivity contribution in [3.8, 4) is 5.88 Å². The highest BCUT2D eigenvalue weighted by atomic mass is 16.5. The van der Waals surface area contributed by atoms with Gasteiger partial charge < -0.3 is 25.1 Å². The van der Waals surface area contributed by atoms with E-state index in [0.29, 0.717) is 24.5 Å². The number of rotatable bonds is 5. The molecule has 2 aromatic heterocycles. The normalized spacial score (nSPS) is 17.0. The number of fused-ring (bicyclic) bond motifs is 1. The van der Waals surface area contributed by atoms with E-state index in [0.717, 1.165) is 19.4 Å². The maximum Gasteiger partial charge on any atom is 0.319 e. The van der Waals surface area contributed by atoms with Crippen molar-refractivity contribution in [2.75, 3.05) is 25.1 Å². The predicted molar refractivity (Wildman–Crippen MR) is 89.5 cm³/mol. The summed E-state index contributed by atoms with van der Waals surface area (Å²) in [5, 5.41) is 5.25. The summed E-state index contributed by atoms with van der Waals surface area (Å²) >= 11 is 0. The SMILES string of the molecule is CCOc1ccc2[nH]cc(NC(=O)NC[C@H]3CCCO3)c(=O)c2n1. The standard InChI is InChI=1S/C16H20N4O4/c1-2-23-13-6-5-11-14(20-13)15(21)12(9-17-11)19-16(22)18-8-10-4-3-7-24-10/h5-6,9-10H,2-4,7-8H2,1H3,(H,17,21)(H2,18,19,22)/t10-/m1/s1. The van der Waals surface area contributed by atoms with Crippen LogP contribution in [0.2, 0.25) is 0 Å². The minimum absolute atomic E-state index is 0.0426. The minimum Gasteiger partial charge on any atom is -0.478 e. The van der Waals surface area contributed by atoms with E-state index in [2.05, 4.69) is 20.6 Å². The van der Waals surface area contributed by atoms with Gasteiger partial charge in [0.15, 0.2) is 0 Å². The summed E-state index contributed by atoms with van der Waals surface area (Å²) < 4.78 is 10.7. The van der Waals surface area contributed by atoms with E-state index in [9.17, 15) is 9.59 Å². The largest absolute Gasteiger partial charge is 0.478 e. The second-order valence-electron chi connectivity index (χ2n) is 5.48. The second-order valence-corrected chi connectivity index (χ2v) is 5.48. The molecule has 128 valence electrons. The molecule has 3 heterocycles. The molecule has 24 heavy (non-hydrogen) atoms. The quantitative estimate of drug-likeness (QED) is 0.771.